The molecule has 0 unspecified atom stereocenters. The molecule has 2 aliphatic rings. The fraction of sp³-hybridized carbons (Fsp3) is 0.350. The second-order valence-corrected chi connectivity index (χ2v) is 10.7. The van der Waals surface area contributed by atoms with Crippen LogP contribution in [0.3, 0.4) is 0 Å². The molecule has 1 aromatic carbocycles. The van der Waals surface area contributed by atoms with E-state index >= 15 is 0 Å². The Labute approximate surface area is 171 Å². The van der Waals surface area contributed by atoms with E-state index in [2.05, 4.69) is 0 Å². The summed E-state index contributed by atoms with van der Waals surface area (Å²) in [5.74, 6) is -0.00820. The molecule has 0 atom stereocenters. The third kappa shape index (κ3) is 4.70. The fourth-order valence-corrected chi connectivity index (χ4v) is 7.10. The number of Topliss-reactive ketones (excluding diaryl/α,β-unsaturated/α-hetero) is 2. The summed E-state index contributed by atoms with van der Waals surface area (Å²) in [6.07, 6.45) is 0.692. The molecular weight excluding hydrogens is 400 g/mol. The van der Waals surface area contributed by atoms with Crippen LogP contribution in [0.2, 0.25) is 0 Å². The summed E-state index contributed by atoms with van der Waals surface area (Å²) in [6, 6.07) is 9.94. The minimum atomic E-state index is -0.435. The number of ether oxygens (including phenoxy) is 1. The zero-order valence-electron chi connectivity index (χ0n) is 15.4. The minimum Gasteiger partial charge on any atom is -0.465 e. The van der Waals surface area contributed by atoms with E-state index in [0.717, 1.165) is 9.80 Å². The molecule has 4 nitrogen and oxygen atoms in total. The summed E-state index contributed by atoms with van der Waals surface area (Å²) in [7, 11) is 1.34. The third-order valence-corrected chi connectivity index (χ3v) is 8.24. The van der Waals surface area contributed by atoms with Crippen molar-refractivity contribution in [2.24, 2.45) is 5.41 Å². The quantitative estimate of drug-likeness (QED) is 0.389. The van der Waals surface area contributed by atoms with Crippen LogP contribution in [-0.4, -0.2) is 24.6 Å². The Morgan fingerprint density at radius 2 is 1.74 bits per heavy atom. The summed E-state index contributed by atoms with van der Waals surface area (Å²) < 4.78 is 6.29. The number of allylic oxidation sites excluding steroid dienone is 1. The molecule has 0 amide bonds. The van der Waals surface area contributed by atoms with Crippen molar-refractivity contribution in [1.29, 1.82) is 0 Å². The predicted molar refractivity (Wildman–Crippen MR) is 112 cm³/mol. The highest BCUT2D eigenvalue weighted by Gasteiger charge is 2.40. The molecule has 0 saturated heterocycles. The van der Waals surface area contributed by atoms with Gasteiger partial charge in [-0.1, -0.05) is 67.7 Å². The van der Waals surface area contributed by atoms with Gasteiger partial charge in [-0.15, -0.1) is 11.8 Å². The molecule has 1 aromatic rings. The third-order valence-electron chi connectivity index (χ3n) is 4.19. The molecule has 1 heterocycles. The second kappa shape index (κ2) is 8.29. The van der Waals surface area contributed by atoms with Crippen molar-refractivity contribution in [2.75, 3.05) is 7.11 Å². The van der Waals surface area contributed by atoms with Crippen molar-refractivity contribution in [3.05, 3.63) is 54.8 Å². The zero-order valence-corrected chi connectivity index (χ0v) is 17.8. The normalized spacial score (nSPS) is 19.7. The van der Waals surface area contributed by atoms with Gasteiger partial charge in [-0.25, -0.2) is 4.79 Å². The van der Waals surface area contributed by atoms with E-state index in [1.807, 2.05) is 44.2 Å². The number of carbonyl (C=O) groups is 3. The van der Waals surface area contributed by atoms with E-state index in [1.54, 1.807) is 0 Å². The Balaban J connectivity index is 1.85. The van der Waals surface area contributed by atoms with Gasteiger partial charge >= 0.3 is 5.97 Å². The number of rotatable bonds is 4. The molecule has 0 aromatic heterocycles. The number of hydrogen-bond acceptors (Lipinski definition) is 7. The lowest BCUT2D eigenvalue weighted by molar-refractivity contribution is -0.135. The Morgan fingerprint density at radius 3 is 2.33 bits per heavy atom. The lowest BCUT2D eigenvalue weighted by Gasteiger charge is -2.29. The van der Waals surface area contributed by atoms with Crippen molar-refractivity contribution < 1.29 is 19.1 Å². The number of ketones is 2. The topological polar surface area (TPSA) is 60.4 Å². The first-order valence-electron chi connectivity index (χ1n) is 8.46. The van der Waals surface area contributed by atoms with Crippen LogP contribution in [0.1, 0.15) is 32.3 Å². The van der Waals surface area contributed by atoms with Crippen LogP contribution in [0.5, 0.6) is 0 Å². The van der Waals surface area contributed by atoms with Gasteiger partial charge in [0.1, 0.15) is 4.91 Å². The molecule has 7 heteroatoms. The maximum atomic E-state index is 12.6. The average Bonchev–Trinajstić information content (AvgIpc) is 3.02. The SMILES string of the molecule is COC(=O)C1=C(SCc2ccccc2)SC(=C2C(=O)CC(C)(C)CC2=O)S1. The molecular formula is C20H20O4S3. The van der Waals surface area contributed by atoms with Gasteiger partial charge in [-0.2, -0.15) is 0 Å². The maximum absolute atomic E-state index is 12.6. The van der Waals surface area contributed by atoms with Crippen LogP contribution in [0.15, 0.2) is 49.3 Å². The summed E-state index contributed by atoms with van der Waals surface area (Å²) in [5, 5.41) is 0. The Hall–Kier alpha value is -1.44. The number of hydrogen-bond donors (Lipinski definition) is 0. The number of benzene rings is 1. The molecule has 1 saturated carbocycles. The van der Waals surface area contributed by atoms with E-state index < -0.39 is 5.97 Å². The fourth-order valence-electron chi connectivity index (χ4n) is 2.92. The van der Waals surface area contributed by atoms with Crippen molar-refractivity contribution in [1.82, 2.24) is 0 Å². The molecule has 0 N–H and O–H groups in total. The van der Waals surface area contributed by atoms with Crippen molar-refractivity contribution in [3.8, 4) is 0 Å². The van der Waals surface area contributed by atoms with Gasteiger partial charge in [-0.05, 0) is 11.0 Å². The van der Waals surface area contributed by atoms with E-state index in [0.29, 0.717) is 27.7 Å². The largest absolute Gasteiger partial charge is 0.465 e. The summed E-state index contributed by atoms with van der Waals surface area (Å²) in [5.41, 5.74) is 1.08. The van der Waals surface area contributed by atoms with Crippen LogP contribution < -0.4 is 0 Å². The van der Waals surface area contributed by atoms with Crippen LogP contribution >= 0.6 is 35.3 Å². The molecule has 3 rings (SSSR count). The highest BCUT2D eigenvalue weighted by Crippen LogP contribution is 2.56. The lowest BCUT2D eigenvalue weighted by atomic mass is 9.74. The van der Waals surface area contributed by atoms with Gasteiger partial charge in [0, 0.05) is 18.6 Å². The van der Waals surface area contributed by atoms with Gasteiger partial charge in [0.05, 0.1) is 21.2 Å². The second-order valence-electron chi connectivity index (χ2n) is 7.11. The van der Waals surface area contributed by atoms with E-state index in [-0.39, 0.29) is 22.6 Å². The van der Waals surface area contributed by atoms with E-state index in [9.17, 15) is 14.4 Å². The molecule has 0 bridgehead atoms. The molecule has 0 radical (unpaired) electrons. The van der Waals surface area contributed by atoms with Crippen molar-refractivity contribution in [3.63, 3.8) is 0 Å². The first-order valence-corrected chi connectivity index (χ1v) is 11.1. The predicted octanol–water partition coefficient (Wildman–Crippen LogP) is 4.91. The van der Waals surface area contributed by atoms with Crippen molar-refractivity contribution >= 4 is 52.8 Å². The highest BCUT2D eigenvalue weighted by atomic mass is 32.2. The summed E-state index contributed by atoms with van der Waals surface area (Å²) >= 11 is 4.05. The number of esters is 1. The molecule has 1 fully saturated rings. The van der Waals surface area contributed by atoms with Crippen LogP contribution in [0.4, 0.5) is 0 Å². The zero-order chi connectivity index (χ0) is 19.6. The number of carbonyl (C=O) groups excluding carboxylic acids is 3. The van der Waals surface area contributed by atoms with Crippen LogP contribution in [0.25, 0.3) is 0 Å². The van der Waals surface area contributed by atoms with Gasteiger partial charge in [0.2, 0.25) is 0 Å². The highest BCUT2D eigenvalue weighted by molar-refractivity contribution is 8.36. The van der Waals surface area contributed by atoms with Gasteiger partial charge in [0.15, 0.2) is 11.6 Å². The monoisotopic (exact) mass is 420 g/mol. The van der Waals surface area contributed by atoms with E-state index in [4.69, 9.17) is 4.74 Å². The molecule has 142 valence electrons. The Morgan fingerprint density at radius 1 is 1.11 bits per heavy atom. The Bertz CT molecular complexity index is 831. The maximum Gasteiger partial charge on any atom is 0.346 e. The van der Waals surface area contributed by atoms with Gasteiger partial charge in [0.25, 0.3) is 0 Å². The smallest absolute Gasteiger partial charge is 0.346 e. The van der Waals surface area contributed by atoms with Crippen LogP contribution in [-0.2, 0) is 24.9 Å². The molecule has 1 aliphatic heterocycles. The number of thioether (sulfide) groups is 3. The standard InChI is InChI=1S/C20H20O4S3/c1-20(2)9-13(21)15(14(22)10-20)18-26-16(17(23)24-3)19(27-18)25-11-12-7-5-4-6-8-12/h4-8H,9-11H2,1-3H3. The minimum absolute atomic E-state index is 0.134. The number of methoxy groups -OCH3 is 1. The molecule has 1 aliphatic carbocycles. The van der Waals surface area contributed by atoms with Crippen LogP contribution in [0, 0.1) is 5.41 Å². The summed E-state index contributed by atoms with van der Waals surface area (Å²) in [6.45, 7) is 3.86. The first kappa shape index (κ1) is 20.3. The molecule has 0 spiro atoms. The van der Waals surface area contributed by atoms with Gasteiger partial charge < -0.3 is 4.74 Å². The van der Waals surface area contributed by atoms with E-state index in [1.165, 1.54) is 42.4 Å². The molecule has 27 heavy (non-hydrogen) atoms. The van der Waals surface area contributed by atoms with Gasteiger partial charge in [-0.3, -0.25) is 9.59 Å². The Kier molecular flexibility index (Phi) is 6.23. The first-order chi connectivity index (χ1) is 12.8. The summed E-state index contributed by atoms with van der Waals surface area (Å²) in [4.78, 5) is 37.9. The van der Waals surface area contributed by atoms with Crippen molar-refractivity contribution in [2.45, 2.75) is 32.4 Å². The average molecular weight is 421 g/mol. The lowest BCUT2D eigenvalue weighted by Crippen LogP contribution is -2.31.